The molecule has 3 aromatic heterocycles. The molecule has 8 N–H and O–H groups in total. The number of nitrogens with two attached hydrogens (primary N) is 2. The van der Waals surface area contributed by atoms with Crippen LogP contribution in [-0.2, 0) is 21.1 Å². The summed E-state index contributed by atoms with van der Waals surface area (Å²) in [7, 11) is 38.6. The van der Waals surface area contributed by atoms with Gasteiger partial charge in [-0.3, -0.25) is 35.1 Å². The van der Waals surface area contributed by atoms with Gasteiger partial charge in [0, 0.05) is 187 Å². The van der Waals surface area contributed by atoms with Crippen LogP contribution in [0.1, 0.15) is 76.6 Å². The molecule has 5 radical (unpaired) electrons. The van der Waals surface area contributed by atoms with Crippen molar-refractivity contribution in [2.75, 3.05) is 132 Å². The Morgan fingerprint density at radius 1 is 0.444 bits per heavy atom. The summed E-state index contributed by atoms with van der Waals surface area (Å²) in [6.07, 6.45) is 8.98. The van der Waals surface area contributed by atoms with Crippen molar-refractivity contribution in [2.24, 2.45) is 21.1 Å². The molecule has 14 rings (SSSR count). The number of hydrogen-bond donors (Lipinski definition) is 6. The second-order valence-electron chi connectivity index (χ2n) is 30.9. The van der Waals surface area contributed by atoms with Crippen LogP contribution in [0.4, 0.5) is 68.2 Å². The Labute approximate surface area is 883 Å². The van der Waals surface area contributed by atoms with Crippen LogP contribution in [0.15, 0.2) is 250 Å². The predicted molar refractivity (Wildman–Crippen MR) is 593 cm³/mol. The van der Waals surface area contributed by atoms with Crippen molar-refractivity contribution in [1.82, 2.24) is 28.7 Å². The summed E-state index contributed by atoms with van der Waals surface area (Å²) in [6, 6.07) is 76.4. The number of aliphatic hydroxyl groups excluding tert-OH is 1. The molecule has 0 bridgehead atoms. The molecule has 0 saturated heterocycles. The number of nitrogens with one attached hydrogen (secondary N) is 3. The minimum atomic E-state index is -2.44. The Morgan fingerprint density at radius 3 is 1.11 bits per heavy atom. The van der Waals surface area contributed by atoms with Crippen LogP contribution >= 0.6 is 93.9 Å². The fraction of sp³-hybridized carbons (Fsp3) is 0.286. The van der Waals surface area contributed by atoms with E-state index in [1.165, 1.54) is 121 Å². The van der Waals surface area contributed by atoms with Crippen molar-refractivity contribution in [3.05, 3.63) is 291 Å². The van der Waals surface area contributed by atoms with E-state index >= 15 is 0 Å². The number of imidazole rings is 3. The number of para-hydroxylation sites is 4. The number of aliphatic hydroxyl groups is 1. The summed E-state index contributed by atoms with van der Waals surface area (Å²) in [5.74, 6) is 3.07. The zero-order chi connectivity index (χ0) is 99.2. The number of benzene rings is 11. The van der Waals surface area contributed by atoms with Crippen molar-refractivity contribution in [1.29, 1.82) is 0 Å². The molecular weight excluding hydrogens is 2300 g/mol. The van der Waals surface area contributed by atoms with Gasteiger partial charge in [-0.15, -0.1) is 0 Å². The van der Waals surface area contributed by atoms with Gasteiger partial charge in [-0.1, -0.05) is 78.1 Å². The summed E-state index contributed by atoms with van der Waals surface area (Å²) in [6.45, 7) is 9.16. The smallest absolute Gasteiger partial charge is 1.00 e. The Morgan fingerprint density at radius 2 is 0.763 bits per heavy atom. The van der Waals surface area contributed by atoms with E-state index in [1.54, 1.807) is 60.1 Å². The van der Waals surface area contributed by atoms with E-state index < -0.39 is 52.0 Å². The van der Waals surface area contributed by atoms with E-state index in [0.717, 1.165) is 90.1 Å². The number of aromatic nitrogens is 6. The Bertz CT molecular complexity index is 5790. The summed E-state index contributed by atoms with van der Waals surface area (Å²) in [5.41, 5.74) is 31.0. The molecule has 0 aliphatic rings. The molecule has 0 aliphatic heterocycles. The van der Waals surface area contributed by atoms with Gasteiger partial charge in [-0.05, 0) is 158 Å². The van der Waals surface area contributed by atoms with Crippen LogP contribution in [0.5, 0.6) is 0 Å². The van der Waals surface area contributed by atoms with Gasteiger partial charge in [-0.25, -0.2) is 9.97 Å². The van der Waals surface area contributed by atoms with Crippen molar-refractivity contribution in [3.63, 3.8) is 0 Å². The van der Waals surface area contributed by atoms with Crippen molar-refractivity contribution in [2.45, 2.75) is 79.5 Å². The molecule has 0 atom stereocenters. The van der Waals surface area contributed by atoms with Crippen molar-refractivity contribution < 1.29 is 55.7 Å². The Balaban J connectivity index is 0.000000794. The van der Waals surface area contributed by atoms with Gasteiger partial charge >= 0.3 is 267 Å². The van der Waals surface area contributed by atoms with Gasteiger partial charge in [0.1, 0.15) is 35.0 Å². The van der Waals surface area contributed by atoms with Crippen molar-refractivity contribution in [3.8, 4) is 34.2 Å². The number of nitrogens with zero attached hydrogens (tertiary/aromatic N) is 13. The number of nitrogen functional groups attached to an aromatic ring is 2. The number of carbonyl (C=O) groups is 1. The molecule has 0 amide bonds. The van der Waals surface area contributed by atoms with Crippen LogP contribution in [-0.4, -0.2) is 185 Å². The van der Waals surface area contributed by atoms with E-state index in [9.17, 15) is 35.1 Å². The number of aryl methyl sites for hydroxylation is 4. The SMILES string of the molecule is BrBr.CCC[CH2][Sn]([CH2]CCC)([CH2]CCC)[c]1ccc2c(c1)nc(-c1ccc(N(C)C)cc1)n2C.CN(C)c1ccc(-c2nc3cc(Br)ccc3n2C)cc1.CN(C)c1ccc(C=O)cc1.CNc1ccc(Br)cc1N.CNc1ccc(Br)cc1[N+](=O)[O-].CNc1ccccc1[N+](=O)[O-].CO.Cc1ccc2c(c1)nc(-c1ccc(N(C)C)cc1)n2C.Nc1ccccc1[N+](=O)[O-].[B].[Cl][Sn][Cl].[H-].[Na+]. The molecule has 26 nitrogen and oxygen atoms in total. The topological polar surface area (TPSA) is 321 Å². The third kappa shape index (κ3) is 38.3. The number of carbonyl (C=O) groups excluding carboxylic acids is 1. The van der Waals surface area contributed by atoms with E-state index in [-0.39, 0.29) is 62.1 Å². The number of nitro benzene ring substituents is 3. The van der Waals surface area contributed by atoms with Crippen LogP contribution in [0.3, 0.4) is 0 Å². The average Bonchev–Trinajstić information content (AvgIpc) is 1.64. The first-order chi connectivity index (χ1) is 63.6. The van der Waals surface area contributed by atoms with Gasteiger partial charge < -0.3 is 57.8 Å². The fourth-order valence-electron chi connectivity index (χ4n) is 13.8. The number of unbranched alkanes of at least 4 members (excludes halogenated alkanes) is 3. The molecule has 0 aliphatic carbocycles. The van der Waals surface area contributed by atoms with E-state index in [4.69, 9.17) is 49.4 Å². The molecule has 0 unspecified atom stereocenters. The molecule has 0 fully saturated rings. The maximum atomic E-state index is 10.5. The second-order valence-corrected chi connectivity index (χ2v) is 51.1. The number of aldehydes is 1. The monoisotopic (exact) mass is 2420 g/mol. The quantitative estimate of drug-likeness (QED) is 0.0108. The summed E-state index contributed by atoms with van der Waals surface area (Å²) >= 11 is 12.2. The van der Waals surface area contributed by atoms with Crippen molar-refractivity contribution >= 4 is 251 Å². The zero-order valence-corrected chi connectivity index (χ0v) is 97.6. The van der Waals surface area contributed by atoms with E-state index in [2.05, 4.69) is 299 Å². The average molecular weight is 2420 g/mol. The molecule has 3 heterocycles. The summed E-state index contributed by atoms with van der Waals surface area (Å²) < 4.78 is 15.5. The van der Waals surface area contributed by atoms with Crippen LogP contribution in [0.25, 0.3) is 67.3 Å². The standard InChI is InChI=1S/C17H19N3.C16H16BrN3.C16H16N3.C9H11NO.C7H7BrN2O2.C7H9BrN2.C7H8N2O2.C6H6N2O2.3C4H9.CH4O.B.Br2.2ClH.Na.2Sn.H/c1-12-5-10-16-15(11-12)18-17(20(16)4)13-6-8-14(9-7-13)19(2)3;1-19(2)13-7-4-11(5-8-13)16-18-14-10-12(17)6-9-15(14)20(16)3;1-18(2)13-10-8-12(9-11-13)16-17-14-6-4-5-7-15(14)19(16)3;1-10(2)9-5-3-8(7-11)4-6-9;1-9-6-3-2-5(8)4-7(6)10(11)12;1-10-7-3-2-5(8)4-6(7)9;1-8-6-4-2-3-5-7(6)9(10)11;7-5-3-1-2-4-6(5)8(9)10;3*1-3-4-2;1-2;;1-2;;;;;;/h5-11H,1-4H3;4-10H,1-3H3;5-11H,1-3H3;3-7H,1-2H3;2-4,9H,1H3;2-4,10H,9H2,1H3;2-5,8H,1H3;1-4H,7H2;3*1,3-4H2,2H3;2H,1H3;;;2*1H;;;;/q;;;;;;;;;;;;;;;;+1;;+2;-1/p-2. The van der Waals surface area contributed by atoms with E-state index in [1.807, 2.05) is 109 Å². The zero-order valence-electron chi connectivity index (χ0n) is 81.5. The number of nitro groups is 3. The fourth-order valence-corrected chi connectivity index (χ4v) is 30.9. The number of anilines is 9. The van der Waals surface area contributed by atoms with Crippen LogP contribution < -0.4 is 80.2 Å². The van der Waals surface area contributed by atoms with Gasteiger partial charge in [0.2, 0.25) is 0 Å². The Hall–Kier alpha value is -8.50. The first-order valence-corrected chi connectivity index (χ1v) is 63.3. The third-order valence-corrected chi connectivity index (χ3v) is 38.2. The number of fused-ring (bicyclic) bond motifs is 3. The molecular formula is C98H124BBr5Cl2N18NaO8Sn2. The summed E-state index contributed by atoms with van der Waals surface area (Å²) in [4.78, 5) is 62.9. The molecule has 37 heteroatoms. The molecule has 11 aromatic carbocycles. The number of halogens is 7. The van der Waals surface area contributed by atoms with Gasteiger partial charge in [0.05, 0.1) is 48.2 Å². The number of rotatable bonds is 24. The largest absolute Gasteiger partial charge is 1.00 e. The maximum absolute atomic E-state index is 10.5. The first kappa shape index (κ1) is 123. The Kier molecular flexibility index (Phi) is 58.7. The van der Waals surface area contributed by atoms with Crippen LogP contribution in [0.2, 0.25) is 13.3 Å². The minimum absolute atomic E-state index is 0. The molecule has 0 saturated carbocycles. The maximum Gasteiger partial charge on any atom is 1.00 e. The first-order valence-electron chi connectivity index (χ1n) is 42.5. The molecule has 135 heavy (non-hydrogen) atoms. The normalized spacial score (nSPS) is 10.0. The molecule has 715 valence electrons. The summed E-state index contributed by atoms with van der Waals surface area (Å²) in [5, 5.41) is 46.4. The van der Waals surface area contributed by atoms with E-state index in [0.29, 0.717) is 15.8 Å². The minimum Gasteiger partial charge on any atom is -1.00 e. The number of hydrogen-bond acceptors (Lipinski definition) is 20. The van der Waals surface area contributed by atoms with Gasteiger partial charge in [0.15, 0.2) is 0 Å². The second kappa shape index (κ2) is 64.6. The van der Waals surface area contributed by atoms with Gasteiger partial charge in [-0.2, -0.15) is 0 Å². The third-order valence-electron chi connectivity index (χ3n) is 21.1. The van der Waals surface area contributed by atoms with Crippen LogP contribution in [0, 0.1) is 37.3 Å². The molecule has 0 spiro atoms. The predicted octanol–water partition coefficient (Wildman–Crippen LogP) is 22.9. The molecule has 14 aromatic rings. The van der Waals surface area contributed by atoms with Gasteiger partial charge in [0.25, 0.3) is 17.1 Å².